The van der Waals surface area contributed by atoms with Crippen LogP contribution >= 0.6 is 24.0 Å². The molecule has 3 rings (SSSR count). The number of likely N-dealkylation sites (tertiary alicyclic amines) is 1. The van der Waals surface area contributed by atoms with E-state index in [1.165, 1.54) is 25.7 Å². The van der Waals surface area contributed by atoms with Crippen LogP contribution in [0.5, 0.6) is 0 Å². The highest BCUT2D eigenvalue weighted by molar-refractivity contribution is 6.31. The molecule has 0 radical (unpaired) electrons. The molecule has 0 spiro atoms. The van der Waals surface area contributed by atoms with Crippen LogP contribution in [0.1, 0.15) is 53.2 Å². The molecule has 5 heteroatoms. The number of halogens is 2. The van der Waals surface area contributed by atoms with Crippen molar-refractivity contribution in [1.82, 2.24) is 10.2 Å². The number of hydrogen-bond acceptors (Lipinski definition) is 2. The first-order valence-electron chi connectivity index (χ1n) is 9.48. The molecule has 146 valence electrons. The van der Waals surface area contributed by atoms with E-state index >= 15 is 0 Å². The summed E-state index contributed by atoms with van der Waals surface area (Å²) >= 11 is 6.49. The summed E-state index contributed by atoms with van der Waals surface area (Å²) in [4.78, 5) is 15.0. The number of amides is 1. The Hall–Kier alpha value is -1.55. The van der Waals surface area contributed by atoms with E-state index in [-0.39, 0.29) is 24.4 Å². The number of nitrogens with zero attached hydrogens (tertiary/aromatic N) is 1. The predicted octanol–water partition coefficient (Wildman–Crippen LogP) is 5.42. The molecule has 0 aromatic heterocycles. The van der Waals surface area contributed by atoms with Gasteiger partial charge in [0.1, 0.15) is 0 Å². The molecule has 1 N–H and O–H groups in total. The minimum atomic E-state index is -0.0307. The minimum absolute atomic E-state index is 0. The number of rotatable bonds is 5. The first-order valence-corrected chi connectivity index (χ1v) is 9.86. The minimum Gasteiger partial charge on any atom is -0.350 e. The normalized spacial score (nSPS) is 16.1. The van der Waals surface area contributed by atoms with Crippen LogP contribution in [0.3, 0.4) is 0 Å². The fraction of sp³-hybridized carbons (Fsp3) is 0.409. The second-order valence-electron chi connectivity index (χ2n) is 7.06. The number of nitrogens with one attached hydrogen (secondary N) is 1. The molecule has 3 nitrogen and oxygen atoms in total. The van der Waals surface area contributed by atoms with E-state index in [4.69, 9.17) is 11.6 Å². The molecule has 1 amide bonds. The number of benzene rings is 2. The van der Waals surface area contributed by atoms with Crippen molar-refractivity contribution < 1.29 is 4.79 Å². The molecule has 1 fully saturated rings. The third-order valence-electron chi connectivity index (χ3n) is 5.12. The number of hydrogen-bond donors (Lipinski definition) is 1. The summed E-state index contributed by atoms with van der Waals surface area (Å²) in [5, 5.41) is 3.89. The van der Waals surface area contributed by atoms with Gasteiger partial charge in [0, 0.05) is 17.1 Å². The van der Waals surface area contributed by atoms with E-state index in [2.05, 4.69) is 16.3 Å². The van der Waals surface area contributed by atoms with Gasteiger partial charge in [-0.25, -0.2) is 0 Å². The molecular formula is C22H28Cl2N2O. The highest BCUT2D eigenvalue weighted by Gasteiger charge is 2.24. The third-order valence-corrected chi connectivity index (χ3v) is 5.46. The molecule has 1 heterocycles. The lowest BCUT2D eigenvalue weighted by Crippen LogP contribution is -2.38. The molecule has 1 unspecified atom stereocenters. The Kier molecular flexibility index (Phi) is 8.62. The first-order chi connectivity index (χ1) is 12.6. The molecule has 27 heavy (non-hydrogen) atoms. The lowest BCUT2D eigenvalue weighted by Gasteiger charge is -2.31. The summed E-state index contributed by atoms with van der Waals surface area (Å²) in [7, 11) is 0. The molecule has 1 atom stereocenters. The average Bonchev–Trinajstić information content (AvgIpc) is 2.93. The van der Waals surface area contributed by atoms with Crippen molar-refractivity contribution in [1.29, 1.82) is 0 Å². The lowest BCUT2D eigenvalue weighted by atomic mass is 10.0. The zero-order valence-electron chi connectivity index (χ0n) is 15.8. The van der Waals surface area contributed by atoms with Crippen LogP contribution in [-0.2, 0) is 0 Å². The van der Waals surface area contributed by atoms with Gasteiger partial charge in [-0.1, -0.05) is 60.3 Å². The second kappa shape index (κ2) is 10.7. The molecule has 1 saturated heterocycles. The molecular weight excluding hydrogens is 379 g/mol. The van der Waals surface area contributed by atoms with Gasteiger partial charge >= 0.3 is 0 Å². The quantitative estimate of drug-likeness (QED) is 0.718. The molecule has 0 bridgehead atoms. The predicted molar refractivity (Wildman–Crippen MR) is 115 cm³/mol. The van der Waals surface area contributed by atoms with E-state index in [0.29, 0.717) is 12.1 Å². The maximum Gasteiger partial charge on any atom is 0.251 e. The van der Waals surface area contributed by atoms with Crippen molar-refractivity contribution in [3.05, 3.63) is 70.2 Å². The number of aryl methyl sites for hydroxylation is 1. The van der Waals surface area contributed by atoms with E-state index in [0.717, 1.165) is 29.2 Å². The van der Waals surface area contributed by atoms with Gasteiger partial charge in [-0.15, -0.1) is 12.4 Å². The summed E-state index contributed by atoms with van der Waals surface area (Å²) in [5.74, 6) is -0.0307. The van der Waals surface area contributed by atoms with E-state index < -0.39 is 0 Å². The van der Waals surface area contributed by atoms with Crippen molar-refractivity contribution in [2.75, 3.05) is 19.6 Å². The SMILES string of the molecule is Cc1ccc(C(=O)NCC(c2ccccc2Cl)N2CCCCCC2)cc1.Cl. The Morgan fingerprint density at radius 3 is 2.30 bits per heavy atom. The Morgan fingerprint density at radius 2 is 1.67 bits per heavy atom. The largest absolute Gasteiger partial charge is 0.350 e. The summed E-state index contributed by atoms with van der Waals surface area (Å²) < 4.78 is 0. The fourth-order valence-corrected chi connectivity index (χ4v) is 3.85. The smallest absolute Gasteiger partial charge is 0.251 e. The second-order valence-corrected chi connectivity index (χ2v) is 7.47. The maximum atomic E-state index is 12.6. The zero-order chi connectivity index (χ0) is 18.4. The van der Waals surface area contributed by atoms with Gasteiger partial charge in [0.05, 0.1) is 6.04 Å². The van der Waals surface area contributed by atoms with Crippen LogP contribution in [0.4, 0.5) is 0 Å². The van der Waals surface area contributed by atoms with Gasteiger partial charge in [-0.2, -0.15) is 0 Å². The van der Waals surface area contributed by atoms with E-state index in [1.807, 2.05) is 49.4 Å². The number of carbonyl (C=O) groups excluding carboxylic acids is 1. The van der Waals surface area contributed by atoms with Gasteiger partial charge in [-0.3, -0.25) is 9.69 Å². The van der Waals surface area contributed by atoms with Crippen LogP contribution in [0.15, 0.2) is 48.5 Å². The van der Waals surface area contributed by atoms with E-state index in [9.17, 15) is 4.79 Å². The van der Waals surface area contributed by atoms with Crippen LogP contribution in [-0.4, -0.2) is 30.4 Å². The van der Waals surface area contributed by atoms with Gasteiger partial charge in [0.25, 0.3) is 5.91 Å². The van der Waals surface area contributed by atoms with Crippen LogP contribution in [0.2, 0.25) is 5.02 Å². The van der Waals surface area contributed by atoms with Gasteiger partial charge in [0.2, 0.25) is 0 Å². The van der Waals surface area contributed by atoms with Crippen LogP contribution in [0.25, 0.3) is 0 Å². The topological polar surface area (TPSA) is 32.3 Å². The summed E-state index contributed by atoms with van der Waals surface area (Å²) in [6.07, 6.45) is 4.96. The fourth-order valence-electron chi connectivity index (χ4n) is 3.58. The highest BCUT2D eigenvalue weighted by atomic mass is 35.5. The summed E-state index contributed by atoms with van der Waals surface area (Å²) in [5.41, 5.74) is 2.95. The zero-order valence-corrected chi connectivity index (χ0v) is 17.4. The average molecular weight is 407 g/mol. The van der Waals surface area contributed by atoms with Crippen molar-refractivity contribution in [2.45, 2.75) is 38.6 Å². The van der Waals surface area contributed by atoms with Crippen LogP contribution in [0, 0.1) is 6.92 Å². The molecule has 2 aromatic rings. The Balaban J connectivity index is 0.00000261. The van der Waals surface area contributed by atoms with Crippen molar-refractivity contribution in [3.63, 3.8) is 0 Å². The van der Waals surface area contributed by atoms with Gasteiger partial charge in [-0.05, 0) is 56.6 Å². The summed E-state index contributed by atoms with van der Waals surface area (Å²) in [6.45, 7) is 4.69. The highest BCUT2D eigenvalue weighted by Crippen LogP contribution is 2.29. The van der Waals surface area contributed by atoms with E-state index in [1.54, 1.807) is 0 Å². The standard InChI is InChI=1S/C22H27ClN2O.ClH/c1-17-10-12-18(13-11-17)22(26)24-16-21(19-8-4-5-9-20(19)23)25-14-6-2-3-7-15-25;/h4-5,8-13,21H,2-3,6-7,14-16H2,1H3,(H,24,26);1H. The monoisotopic (exact) mass is 406 g/mol. The molecule has 1 aliphatic heterocycles. The molecule has 0 saturated carbocycles. The van der Waals surface area contributed by atoms with Gasteiger partial charge < -0.3 is 5.32 Å². The summed E-state index contributed by atoms with van der Waals surface area (Å²) in [6, 6.07) is 15.8. The van der Waals surface area contributed by atoms with Crippen molar-refractivity contribution in [3.8, 4) is 0 Å². The molecule has 1 aliphatic rings. The lowest BCUT2D eigenvalue weighted by molar-refractivity contribution is 0.0933. The maximum absolute atomic E-state index is 12.6. The Bertz CT molecular complexity index is 725. The van der Waals surface area contributed by atoms with Gasteiger partial charge in [0.15, 0.2) is 0 Å². The Labute approximate surface area is 173 Å². The third kappa shape index (κ3) is 5.97. The van der Waals surface area contributed by atoms with Crippen molar-refractivity contribution in [2.24, 2.45) is 0 Å². The van der Waals surface area contributed by atoms with Crippen molar-refractivity contribution >= 4 is 29.9 Å². The Morgan fingerprint density at radius 1 is 1.04 bits per heavy atom. The first kappa shape index (κ1) is 21.7. The van der Waals surface area contributed by atoms with Crippen LogP contribution < -0.4 is 5.32 Å². The number of carbonyl (C=O) groups is 1. The molecule has 0 aliphatic carbocycles. The molecule has 2 aromatic carbocycles.